The molecular weight excluding hydrogens is 474 g/mol. The maximum absolute atomic E-state index is 12.3. The van der Waals surface area contributed by atoms with Crippen LogP contribution in [0.4, 0.5) is 0 Å². The summed E-state index contributed by atoms with van der Waals surface area (Å²) < 4.78 is 1.07. The molecule has 1 saturated heterocycles. The van der Waals surface area contributed by atoms with Crippen LogP contribution in [0.2, 0.25) is 0 Å². The predicted molar refractivity (Wildman–Crippen MR) is 122 cm³/mol. The smallest absolute Gasteiger partial charge is 0.226 e. The number of carbonyl (C=O) groups excluding carboxylic acids is 1. The molecule has 0 aliphatic carbocycles. The zero-order chi connectivity index (χ0) is 19.3. The van der Waals surface area contributed by atoms with Gasteiger partial charge in [-0.1, -0.05) is 6.07 Å². The van der Waals surface area contributed by atoms with Crippen molar-refractivity contribution in [2.45, 2.75) is 25.8 Å². The quantitative estimate of drug-likeness (QED) is 0.485. The summed E-state index contributed by atoms with van der Waals surface area (Å²) in [6, 6.07) is 6.39. The highest BCUT2D eigenvalue weighted by Gasteiger charge is 2.20. The van der Waals surface area contributed by atoms with Gasteiger partial charge in [0.25, 0.3) is 0 Å². The Balaban J connectivity index is 1.18. The average molecular weight is 497 g/mol. The van der Waals surface area contributed by atoms with Gasteiger partial charge in [0.15, 0.2) is 0 Å². The molecule has 3 aromatic rings. The van der Waals surface area contributed by atoms with E-state index in [-0.39, 0.29) is 5.91 Å². The second-order valence-electron chi connectivity index (χ2n) is 7.05. The Morgan fingerprint density at radius 3 is 2.82 bits per heavy atom. The monoisotopic (exact) mass is 495 g/mol. The summed E-state index contributed by atoms with van der Waals surface area (Å²) in [6.07, 6.45) is 2.67. The number of hydrogen-bond acceptors (Lipinski definition) is 6. The second kappa shape index (κ2) is 9.63. The minimum absolute atomic E-state index is 0.0743. The summed E-state index contributed by atoms with van der Waals surface area (Å²) >= 11 is 8.56. The first-order valence-electron chi connectivity index (χ1n) is 9.36. The van der Waals surface area contributed by atoms with Gasteiger partial charge in [0.05, 0.1) is 17.0 Å². The minimum Gasteiger partial charge on any atom is -0.355 e. The van der Waals surface area contributed by atoms with E-state index in [4.69, 9.17) is 0 Å². The highest BCUT2D eigenvalue weighted by molar-refractivity contribution is 9.10. The SMILES string of the molecule is O=C(Cc1csc(-c2cc(Br)cs2)n1)NCC1CCN(Cc2cccs2)CC1. The van der Waals surface area contributed by atoms with E-state index in [1.807, 2.05) is 16.7 Å². The lowest BCUT2D eigenvalue weighted by molar-refractivity contribution is -0.120. The summed E-state index contributed by atoms with van der Waals surface area (Å²) in [4.78, 5) is 22.0. The second-order valence-corrected chi connectivity index (χ2v) is 10.8. The van der Waals surface area contributed by atoms with E-state index in [1.54, 1.807) is 22.7 Å². The molecule has 1 fully saturated rings. The molecule has 4 rings (SSSR count). The van der Waals surface area contributed by atoms with Crippen molar-refractivity contribution in [2.24, 2.45) is 5.92 Å². The lowest BCUT2D eigenvalue weighted by Gasteiger charge is -2.31. The van der Waals surface area contributed by atoms with Crippen LogP contribution in [0.15, 0.2) is 38.8 Å². The molecular formula is C20H22BrN3OS3. The molecule has 1 aliphatic heterocycles. The van der Waals surface area contributed by atoms with Gasteiger partial charge in [-0.15, -0.1) is 34.0 Å². The van der Waals surface area contributed by atoms with Gasteiger partial charge in [0, 0.05) is 33.2 Å². The van der Waals surface area contributed by atoms with Crippen molar-refractivity contribution in [2.75, 3.05) is 19.6 Å². The molecule has 148 valence electrons. The van der Waals surface area contributed by atoms with Crippen LogP contribution in [-0.4, -0.2) is 35.4 Å². The van der Waals surface area contributed by atoms with Gasteiger partial charge in [-0.3, -0.25) is 9.69 Å². The summed E-state index contributed by atoms with van der Waals surface area (Å²) in [6.45, 7) is 4.07. The Hall–Kier alpha value is -1.06. The third kappa shape index (κ3) is 5.51. The highest BCUT2D eigenvalue weighted by atomic mass is 79.9. The molecule has 0 atom stereocenters. The van der Waals surface area contributed by atoms with Gasteiger partial charge in [0.1, 0.15) is 5.01 Å². The van der Waals surface area contributed by atoms with E-state index in [2.05, 4.69) is 60.1 Å². The first-order valence-corrected chi connectivity index (χ1v) is 12.8. The number of aromatic nitrogens is 1. The van der Waals surface area contributed by atoms with Gasteiger partial charge in [0.2, 0.25) is 5.91 Å². The molecule has 0 aromatic carbocycles. The van der Waals surface area contributed by atoms with Crippen LogP contribution in [-0.2, 0) is 17.8 Å². The fourth-order valence-electron chi connectivity index (χ4n) is 3.38. The molecule has 3 aromatic heterocycles. The number of hydrogen-bond donors (Lipinski definition) is 1. The number of piperidine rings is 1. The van der Waals surface area contributed by atoms with Crippen LogP contribution in [0.1, 0.15) is 23.4 Å². The Bertz CT molecular complexity index is 898. The van der Waals surface area contributed by atoms with Crippen LogP contribution in [0.3, 0.4) is 0 Å². The van der Waals surface area contributed by atoms with Crippen molar-refractivity contribution in [3.63, 3.8) is 0 Å². The predicted octanol–water partition coefficient (Wildman–Crippen LogP) is 5.27. The van der Waals surface area contributed by atoms with Crippen molar-refractivity contribution in [3.05, 3.63) is 49.4 Å². The maximum Gasteiger partial charge on any atom is 0.226 e. The van der Waals surface area contributed by atoms with E-state index in [0.717, 1.165) is 59.1 Å². The van der Waals surface area contributed by atoms with Crippen molar-refractivity contribution in [1.29, 1.82) is 0 Å². The van der Waals surface area contributed by atoms with Gasteiger partial charge < -0.3 is 5.32 Å². The zero-order valence-electron chi connectivity index (χ0n) is 15.4. The molecule has 1 amide bonds. The summed E-state index contributed by atoms with van der Waals surface area (Å²) in [7, 11) is 0. The van der Waals surface area contributed by atoms with E-state index >= 15 is 0 Å². The summed E-state index contributed by atoms with van der Waals surface area (Å²) in [5, 5.41) is 10.3. The third-order valence-electron chi connectivity index (χ3n) is 4.93. The van der Waals surface area contributed by atoms with E-state index in [0.29, 0.717) is 12.3 Å². The number of thiophene rings is 2. The van der Waals surface area contributed by atoms with Crippen LogP contribution >= 0.6 is 49.9 Å². The van der Waals surface area contributed by atoms with Crippen LogP contribution in [0.5, 0.6) is 0 Å². The molecule has 0 radical (unpaired) electrons. The largest absolute Gasteiger partial charge is 0.355 e. The van der Waals surface area contributed by atoms with E-state index in [9.17, 15) is 4.79 Å². The van der Waals surface area contributed by atoms with Crippen molar-refractivity contribution in [1.82, 2.24) is 15.2 Å². The number of nitrogens with one attached hydrogen (secondary N) is 1. The normalized spacial score (nSPS) is 15.8. The maximum atomic E-state index is 12.3. The first-order chi connectivity index (χ1) is 13.7. The Morgan fingerprint density at radius 2 is 2.11 bits per heavy atom. The summed E-state index contributed by atoms with van der Waals surface area (Å²) in [5.74, 6) is 0.656. The lowest BCUT2D eigenvalue weighted by atomic mass is 9.96. The Labute approximate surface area is 185 Å². The van der Waals surface area contributed by atoms with Gasteiger partial charge >= 0.3 is 0 Å². The summed E-state index contributed by atoms with van der Waals surface area (Å²) in [5.41, 5.74) is 0.854. The van der Waals surface area contributed by atoms with E-state index < -0.39 is 0 Å². The highest BCUT2D eigenvalue weighted by Crippen LogP contribution is 2.32. The molecule has 4 heterocycles. The number of halogens is 1. The van der Waals surface area contributed by atoms with Gasteiger partial charge in [-0.2, -0.15) is 0 Å². The van der Waals surface area contributed by atoms with Crippen molar-refractivity contribution in [3.8, 4) is 9.88 Å². The molecule has 8 heteroatoms. The number of likely N-dealkylation sites (tertiary alicyclic amines) is 1. The Kier molecular flexibility index (Phi) is 6.95. The topological polar surface area (TPSA) is 45.2 Å². The number of rotatable bonds is 7. The molecule has 28 heavy (non-hydrogen) atoms. The van der Waals surface area contributed by atoms with Crippen LogP contribution < -0.4 is 5.32 Å². The molecule has 0 saturated carbocycles. The Morgan fingerprint density at radius 1 is 1.25 bits per heavy atom. The molecule has 4 nitrogen and oxygen atoms in total. The fraction of sp³-hybridized carbons (Fsp3) is 0.400. The van der Waals surface area contributed by atoms with Crippen LogP contribution in [0, 0.1) is 5.92 Å². The number of carbonyl (C=O) groups is 1. The standard InChI is InChI=1S/C20H22BrN3OS3/c21-15-8-18(27-12-15)20-23-16(13-28-20)9-19(25)22-10-14-3-5-24(6-4-14)11-17-2-1-7-26-17/h1-2,7-8,12-14H,3-6,9-11H2,(H,22,25). The molecule has 0 spiro atoms. The van der Waals surface area contributed by atoms with Gasteiger partial charge in [-0.05, 0) is 65.3 Å². The third-order valence-corrected chi connectivity index (χ3v) is 8.54. The van der Waals surface area contributed by atoms with Crippen LogP contribution in [0.25, 0.3) is 9.88 Å². The average Bonchev–Trinajstić information content (AvgIpc) is 3.44. The fourth-order valence-corrected chi connectivity index (χ4v) is 6.46. The molecule has 0 bridgehead atoms. The number of thiazole rings is 1. The molecule has 0 unspecified atom stereocenters. The molecule has 1 N–H and O–H groups in total. The first kappa shape index (κ1) is 20.2. The zero-order valence-corrected chi connectivity index (χ0v) is 19.4. The van der Waals surface area contributed by atoms with Crippen molar-refractivity contribution < 1.29 is 4.79 Å². The number of nitrogens with zero attached hydrogens (tertiary/aromatic N) is 2. The molecule has 1 aliphatic rings. The minimum atomic E-state index is 0.0743. The van der Waals surface area contributed by atoms with Gasteiger partial charge in [-0.25, -0.2) is 4.98 Å². The number of amides is 1. The van der Waals surface area contributed by atoms with Crippen molar-refractivity contribution >= 4 is 55.8 Å². The lowest BCUT2D eigenvalue weighted by Crippen LogP contribution is -2.38. The van der Waals surface area contributed by atoms with E-state index in [1.165, 1.54) is 4.88 Å².